The molecule has 0 amide bonds. The van der Waals surface area contributed by atoms with E-state index in [1.807, 2.05) is 18.2 Å². The van der Waals surface area contributed by atoms with Gasteiger partial charge in [0.15, 0.2) is 5.78 Å². The summed E-state index contributed by atoms with van der Waals surface area (Å²) in [6, 6.07) is 12.1. The van der Waals surface area contributed by atoms with Crippen molar-refractivity contribution in [2.24, 2.45) is 5.92 Å². The van der Waals surface area contributed by atoms with Gasteiger partial charge in [0, 0.05) is 31.2 Å². The zero-order valence-electron chi connectivity index (χ0n) is 19.3. The van der Waals surface area contributed by atoms with Crippen LogP contribution < -0.4 is 0 Å². The molecule has 0 saturated heterocycles. The highest BCUT2D eigenvalue weighted by molar-refractivity contribution is 7.18. The number of rotatable bonds is 10. The van der Waals surface area contributed by atoms with Crippen molar-refractivity contribution in [3.05, 3.63) is 63.7 Å². The number of carbonyl (C=O) groups is 2. The van der Waals surface area contributed by atoms with Crippen molar-refractivity contribution in [1.82, 2.24) is 4.98 Å². The summed E-state index contributed by atoms with van der Waals surface area (Å²) in [5.41, 5.74) is 5.46. The Morgan fingerprint density at radius 3 is 2.42 bits per heavy atom. The molecule has 4 rings (SSSR count). The summed E-state index contributed by atoms with van der Waals surface area (Å²) >= 11 is 1.62. The Bertz CT molecular complexity index is 1090. The van der Waals surface area contributed by atoms with Crippen molar-refractivity contribution in [1.29, 1.82) is 0 Å². The lowest BCUT2D eigenvalue weighted by Gasteiger charge is -2.09. The van der Waals surface area contributed by atoms with Gasteiger partial charge in [0.05, 0.1) is 15.2 Å². The standard InChI is InChI=1S/C28H33NO2S.CH4/c1-19-6-5-7-20(2)24(19)14-16-26(31)22-11-15-25-27(18-22)32-28(29-25)17-13-23(30)12-10-21-8-3-4-9-21;/h5-7,11,15,18,21H,3-4,8-10,12-14,16-17H2,1-2H3;1H4. The normalized spacial score (nSPS) is 13.9. The first kappa shape index (κ1) is 25.3. The van der Waals surface area contributed by atoms with Gasteiger partial charge in [0.25, 0.3) is 0 Å². The minimum atomic E-state index is 0. The van der Waals surface area contributed by atoms with E-state index in [2.05, 4.69) is 32.0 Å². The molecule has 2 aromatic carbocycles. The monoisotopic (exact) mass is 463 g/mol. The molecule has 0 N–H and O–H groups in total. The summed E-state index contributed by atoms with van der Waals surface area (Å²) in [5, 5.41) is 0.995. The van der Waals surface area contributed by atoms with Crippen LogP contribution in [0.1, 0.15) is 90.8 Å². The van der Waals surface area contributed by atoms with E-state index in [1.165, 1.54) is 42.4 Å². The maximum Gasteiger partial charge on any atom is 0.163 e. The van der Waals surface area contributed by atoms with Crippen LogP contribution in [0.2, 0.25) is 0 Å². The Balaban J connectivity index is 0.00000306. The molecule has 33 heavy (non-hydrogen) atoms. The number of Topliss-reactive ketones (excluding diaryl/α,β-unsaturated/α-hetero) is 2. The number of aryl methyl sites for hydroxylation is 3. The molecule has 3 nitrogen and oxygen atoms in total. The van der Waals surface area contributed by atoms with E-state index in [4.69, 9.17) is 4.98 Å². The predicted octanol–water partition coefficient (Wildman–Crippen LogP) is 7.84. The van der Waals surface area contributed by atoms with Crippen LogP contribution in [-0.2, 0) is 17.6 Å². The van der Waals surface area contributed by atoms with Crippen molar-refractivity contribution >= 4 is 33.1 Å². The fourth-order valence-corrected chi connectivity index (χ4v) is 5.92. The van der Waals surface area contributed by atoms with Gasteiger partial charge in [0.1, 0.15) is 5.78 Å². The first-order valence-electron chi connectivity index (χ1n) is 12.0. The second-order valence-electron chi connectivity index (χ2n) is 9.31. The topological polar surface area (TPSA) is 47.0 Å². The van der Waals surface area contributed by atoms with Gasteiger partial charge >= 0.3 is 0 Å². The number of hydrogen-bond acceptors (Lipinski definition) is 4. The highest BCUT2D eigenvalue weighted by Gasteiger charge is 2.17. The molecule has 0 atom stereocenters. The van der Waals surface area contributed by atoms with Crippen molar-refractivity contribution in [2.45, 2.75) is 85.5 Å². The van der Waals surface area contributed by atoms with Gasteiger partial charge in [-0.2, -0.15) is 0 Å². The highest BCUT2D eigenvalue weighted by atomic mass is 32.1. The zero-order chi connectivity index (χ0) is 22.5. The minimum absolute atomic E-state index is 0. The number of hydrogen-bond donors (Lipinski definition) is 0. The lowest BCUT2D eigenvalue weighted by Crippen LogP contribution is -2.03. The van der Waals surface area contributed by atoms with Crippen LogP contribution in [0.15, 0.2) is 36.4 Å². The van der Waals surface area contributed by atoms with Crippen LogP contribution in [0.25, 0.3) is 10.2 Å². The van der Waals surface area contributed by atoms with E-state index < -0.39 is 0 Å². The smallest absolute Gasteiger partial charge is 0.163 e. The largest absolute Gasteiger partial charge is 0.300 e. The molecule has 1 saturated carbocycles. The molecule has 0 bridgehead atoms. The van der Waals surface area contributed by atoms with Crippen LogP contribution in [0, 0.1) is 19.8 Å². The molecule has 1 aliphatic rings. The van der Waals surface area contributed by atoms with Crippen molar-refractivity contribution in [2.75, 3.05) is 0 Å². The van der Waals surface area contributed by atoms with Gasteiger partial charge in [-0.05, 0) is 67.5 Å². The third kappa shape index (κ3) is 6.60. The summed E-state index contributed by atoms with van der Waals surface area (Å²) in [4.78, 5) is 29.8. The van der Waals surface area contributed by atoms with E-state index >= 15 is 0 Å². The van der Waals surface area contributed by atoms with E-state index in [9.17, 15) is 9.59 Å². The fourth-order valence-electron chi connectivity index (χ4n) is 4.91. The molecular weight excluding hydrogens is 426 g/mol. The van der Waals surface area contributed by atoms with Crippen LogP contribution in [0.4, 0.5) is 0 Å². The molecule has 1 heterocycles. The average molecular weight is 464 g/mol. The molecule has 4 heteroatoms. The first-order valence-corrected chi connectivity index (χ1v) is 12.8. The van der Waals surface area contributed by atoms with Crippen LogP contribution in [0.3, 0.4) is 0 Å². The predicted molar refractivity (Wildman–Crippen MR) is 139 cm³/mol. The number of carbonyl (C=O) groups excluding carboxylic acids is 2. The Morgan fingerprint density at radius 1 is 0.970 bits per heavy atom. The second-order valence-corrected chi connectivity index (χ2v) is 10.4. The summed E-state index contributed by atoms with van der Waals surface area (Å²) in [6.07, 6.45) is 9.62. The van der Waals surface area contributed by atoms with Gasteiger partial charge < -0.3 is 0 Å². The molecule has 1 fully saturated rings. The lowest BCUT2D eigenvalue weighted by molar-refractivity contribution is -0.119. The Kier molecular flexibility index (Phi) is 8.96. The van der Waals surface area contributed by atoms with Gasteiger partial charge in [0.2, 0.25) is 0 Å². The molecule has 1 aliphatic carbocycles. The van der Waals surface area contributed by atoms with Gasteiger partial charge in [-0.3, -0.25) is 9.59 Å². The van der Waals surface area contributed by atoms with Gasteiger partial charge in [-0.1, -0.05) is 51.3 Å². The lowest BCUT2D eigenvalue weighted by atomic mass is 9.96. The number of nitrogens with zero attached hydrogens (tertiary/aromatic N) is 1. The summed E-state index contributed by atoms with van der Waals surface area (Å²) in [5.74, 6) is 1.30. The fraction of sp³-hybridized carbons (Fsp3) is 0.483. The maximum absolute atomic E-state index is 12.8. The molecular formula is C29H37NO2S. The molecule has 1 aromatic heterocycles. The quantitative estimate of drug-likeness (QED) is 0.288. The molecule has 3 aromatic rings. The second kappa shape index (κ2) is 11.7. The number of fused-ring (bicyclic) bond motifs is 1. The molecule has 0 aliphatic heterocycles. The number of thiazole rings is 1. The van der Waals surface area contributed by atoms with Crippen molar-refractivity contribution in [3.8, 4) is 0 Å². The van der Waals surface area contributed by atoms with Crippen molar-refractivity contribution < 1.29 is 9.59 Å². The molecule has 0 unspecified atom stereocenters. The van der Waals surface area contributed by atoms with Crippen LogP contribution >= 0.6 is 11.3 Å². The Labute approximate surface area is 202 Å². The number of aromatic nitrogens is 1. The van der Waals surface area contributed by atoms with Gasteiger partial charge in [-0.25, -0.2) is 4.98 Å². The minimum Gasteiger partial charge on any atom is -0.300 e. The summed E-state index contributed by atoms with van der Waals surface area (Å²) in [6.45, 7) is 4.22. The highest BCUT2D eigenvalue weighted by Crippen LogP contribution is 2.29. The number of ketones is 2. The van der Waals surface area contributed by atoms with Crippen LogP contribution in [-0.4, -0.2) is 16.6 Å². The van der Waals surface area contributed by atoms with Crippen LogP contribution in [0.5, 0.6) is 0 Å². The van der Waals surface area contributed by atoms with E-state index in [-0.39, 0.29) is 13.2 Å². The summed E-state index contributed by atoms with van der Waals surface area (Å²) < 4.78 is 1.04. The zero-order valence-corrected chi connectivity index (χ0v) is 20.1. The Hall–Kier alpha value is -2.33. The van der Waals surface area contributed by atoms with E-state index in [0.29, 0.717) is 31.5 Å². The number of benzene rings is 2. The Morgan fingerprint density at radius 2 is 1.70 bits per heavy atom. The third-order valence-electron chi connectivity index (χ3n) is 6.93. The SMILES string of the molecule is C.Cc1cccc(C)c1CCC(=O)c1ccc2nc(CCC(=O)CCC3CCCC3)sc2c1. The van der Waals surface area contributed by atoms with Crippen molar-refractivity contribution in [3.63, 3.8) is 0 Å². The average Bonchev–Trinajstić information content (AvgIpc) is 3.44. The molecule has 0 radical (unpaired) electrons. The third-order valence-corrected chi connectivity index (χ3v) is 8.00. The van der Waals surface area contributed by atoms with E-state index in [0.717, 1.165) is 39.5 Å². The van der Waals surface area contributed by atoms with E-state index in [1.54, 1.807) is 11.3 Å². The summed E-state index contributed by atoms with van der Waals surface area (Å²) in [7, 11) is 0. The molecule has 176 valence electrons. The first-order chi connectivity index (χ1) is 15.5. The molecule has 0 spiro atoms. The maximum atomic E-state index is 12.8. The van der Waals surface area contributed by atoms with Gasteiger partial charge in [-0.15, -0.1) is 11.3 Å².